The molecule has 2 heterocycles. The first-order valence-corrected chi connectivity index (χ1v) is 7.10. The highest BCUT2D eigenvalue weighted by Gasteiger charge is 2.31. The van der Waals surface area contributed by atoms with Gasteiger partial charge in [0.05, 0.1) is 6.61 Å². The number of aromatic nitrogens is 2. The molecule has 0 bridgehead atoms. The fourth-order valence-electron chi connectivity index (χ4n) is 1.95. The van der Waals surface area contributed by atoms with Crippen molar-refractivity contribution in [3.05, 3.63) is 5.82 Å². The number of aliphatic hydroxyl groups excluding tert-OH is 1. The standard InChI is InChI=1S/C12H22N4OS/c1-11(2,3)9-14-10(18-15-9)16-6-4-12(13,8-17)5-7-16/h17H,4-8,13H2,1-3H3. The summed E-state index contributed by atoms with van der Waals surface area (Å²) >= 11 is 1.45. The number of nitrogens with two attached hydrogens (primary N) is 1. The van der Waals surface area contributed by atoms with Crippen LogP contribution in [0.5, 0.6) is 0 Å². The molecule has 0 aromatic carbocycles. The smallest absolute Gasteiger partial charge is 0.205 e. The molecular weight excluding hydrogens is 248 g/mol. The lowest BCUT2D eigenvalue weighted by molar-refractivity contribution is 0.170. The van der Waals surface area contributed by atoms with Crippen molar-refractivity contribution in [3.63, 3.8) is 0 Å². The summed E-state index contributed by atoms with van der Waals surface area (Å²) in [7, 11) is 0. The average molecular weight is 270 g/mol. The summed E-state index contributed by atoms with van der Waals surface area (Å²) in [5.74, 6) is 0.897. The molecule has 3 N–H and O–H groups in total. The molecule has 0 unspecified atom stereocenters. The van der Waals surface area contributed by atoms with Crippen LogP contribution in [-0.4, -0.2) is 39.7 Å². The third kappa shape index (κ3) is 2.81. The fraction of sp³-hybridized carbons (Fsp3) is 0.833. The van der Waals surface area contributed by atoms with E-state index in [1.165, 1.54) is 11.5 Å². The average Bonchev–Trinajstić information content (AvgIpc) is 2.79. The van der Waals surface area contributed by atoms with Gasteiger partial charge in [0.25, 0.3) is 0 Å². The van der Waals surface area contributed by atoms with Crippen LogP contribution in [0.2, 0.25) is 0 Å². The largest absolute Gasteiger partial charge is 0.394 e. The molecule has 0 aliphatic carbocycles. The minimum absolute atomic E-state index is 0.00669. The first-order valence-electron chi connectivity index (χ1n) is 6.33. The van der Waals surface area contributed by atoms with Crippen molar-refractivity contribution in [2.24, 2.45) is 5.73 Å². The number of hydrogen-bond donors (Lipinski definition) is 2. The normalized spacial score (nSPS) is 20.2. The van der Waals surface area contributed by atoms with Gasteiger partial charge in [0.1, 0.15) is 5.82 Å². The van der Waals surface area contributed by atoms with Gasteiger partial charge in [-0.15, -0.1) is 0 Å². The molecule has 1 fully saturated rings. The topological polar surface area (TPSA) is 75.3 Å². The Balaban J connectivity index is 2.04. The van der Waals surface area contributed by atoms with Crippen molar-refractivity contribution in [3.8, 4) is 0 Å². The molecule has 6 heteroatoms. The van der Waals surface area contributed by atoms with E-state index >= 15 is 0 Å². The molecular formula is C12H22N4OS. The van der Waals surface area contributed by atoms with Crippen LogP contribution < -0.4 is 10.6 Å². The Bertz CT molecular complexity index is 404. The zero-order chi connectivity index (χ0) is 13.4. The van der Waals surface area contributed by atoms with E-state index in [-0.39, 0.29) is 12.0 Å². The molecule has 18 heavy (non-hydrogen) atoms. The second kappa shape index (κ2) is 4.75. The van der Waals surface area contributed by atoms with Crippen molar-refractivity contribution in [1.29, 1.82) is 0 Å². The van der Waals surface area contributed by atoms with Gasteiger partial charge in [0.2, 0.25) is 5.13 Å². The van der Waals surface area contributed by atoms with E-state index in [0.717, 1.165) is 36.9 Å². The van der Waals surface area contributed by atoms with Gasteiger partial charge in [0, 0.05) is 35.6 Å². The number of aliphatic hydroxyl groups is 1. The summed E-state index contributed by atoms with van der Waals surface area (Å²) in [6, 6.07) is 0. The lowest BCUT2D eigenvalue weighted by Crippen LogP contribution is -2.52. The Kier molecular flexibility index (Phi) is 3.62. The van der Waals surface area contributed by atoms with E-state index in [9.17, 15) is 5.11 Å². The highest BCUT2D eigenvalue weighted by atomic mass is 32.1. The number of rotatable bonds is 2. The van der Waals surface area contributed by atoms with E-state index in [1.807, 2.05) is 0 Å². The maximum atomic E-state index is 9.25. The number of nitrogens with zero attached hydrogens (tertiary/aromatic N) is 3. The quantitative estimate of drug-likeness (QED) is 0.842. The van der Waals surface area contributed by atoms with Crippen molar-refractivity contribution in [1.82, 2.24) is 9.36 Å². The van der Waals surface area contributed by atoms with Crippen molar-refractivity contribution < 1.29 is 5.11 Å². The molecule has 0 amide bonds. The zero-order valence-corrected chi connectivity index (χ0v) is 12.1. The van der Waals surface area contributed by atoms with Crippen LogP contribution >= 0.6 is 11.5 Å². The lowest BCUT2D eigenvalue weighted by atomic mass is 9.90. The second-order valence-electron chi connectivity index (χ2n) is 6.16. The van der Waals surface area contributed by atoms with Crippen LogP contribution in [0.25, 0.3) is 0 Å². The van der Waals surface area contributed by atoms with Crippen LogP contribution in [0.4, 0.5) is 5.13 Å². The Labute approximate surface area is 112 Å². The Morgan fingerprint density at radius 1 is 1.39 bits per heavy atom. The first kappa shape index (κ1) is 13.7. The van der Waals surface area contributed by atoms with Crippen LogP contribution in [0.3, 0.4) is 0 Å². The van der Waals surface area contributed by atoms with Crippen LogP contribution in [-0.2, 0) is 5.41 Å². The van der Waals surface area contributed by atoms with Crippen LogP contribution in [0, 0.1) is 0 Å². The molecule has 1 saturated heterocycles. The number of hydrogen-bond acceptors (Lipinski definition) is 6. The maximum Gasteiger partial charge on any atom is 0.205 e. The zero-order valence-electron chi connectivity index (χ0n) is 11.3. The molecule has 1 aromatic heterocycles. The SMILES string of the molecule is CC(C)(C)c1nsc(N2CCC(N)(CO)CC2)n1. The number of anilines is 1. The van der Waals surface area contributed by atoms with Gasteiger partial charge in [-0.3, -0.25) is 0 Å². The molecule has 0 saturated carbocycles. The molecule has 0 radical (unpaired) electrons. The summed E-state index contributed by atoms with van der Waals surface area (Å²) in [5.41, 5.74) is 5.65. The van der Waals surface area contributed by atoms with E-state index in [1.54, 1.807) is 0 Å². The summed E-state index contributed by atoms with van der Waals surface area (Å²) in [6.07, 6.45) is 1.60. The molecule has 1 aromatic rings. The summed E-state index contributed by atoms with van der Waals surface area (Å²) in [6.45, 7) is 8.10. The van der Waals surface area contributed by atoms with E-state index in [0.29, 0.717) is 0 Å². The van der Waals surface area contributed by atoms with Crippen LogP contribution in [0.15, 0.2) is 0 Å². The first-order chi connectivity index (χ1) is 8.34. The van der Waals surface area contributed by atoms with Gasteiger partial charge in [-0.2, -0.15) is 4.37 Å². The predicted molar refractivity (Wildman–Crippen MR) is 74.1 cm³/mol. The van der Waals surface area contributed by atoms with Crippen molar-refractivity contribution >= 4 is 16.7 Å². The van der Waals surface area contributed by atoms with Gasteiger partial charge in [-0.1, -0.05) is 20.8 Å². The van der Waals surface area contributed by atoms with Gasteiger partial charge in [-0.25, -0.2) is 4.98 Å². The molecule has 102 valence electrons. The summed E-state index contributed by atoms with van der Waals surface area (Å²) < 4.78 is 4.43. The molecule has 1 aliphatic heterocycles. The molecule has 2 rings (SSSR count). The minimum atomic E-state index is -0.409. The molecule has 0 spiro atoms. The second-order valence-corrected chi connectivity index (χ2v) is 6.89. The maximum absolute atomic E-state index is 9.25. The molecule has 5 nitrogen and oxygen atoms in total. The Morgan fingerprint density at radius 2 is 2.00 bits per heavy atom. The fourth-order valence-corrected chi connectivity index (χ4v) is 2.86. The Morgan fingerprint density at radius 3 is 2.44 bits per heavy atom. The lowest BCUT2D eigenvalue weighted by Gasteiger charge is -2.37. The highest BCUT2D eigenvalue weighted by Crippen LogP contribution is 2.28. The predicted octanol–water partition coefficient (Wildman–Crippen LogP) is 1.13. The van der Waals surface area contributed by atoms with Gasteiger partial charge >= 0.3 is 0 Å². The van der Waals surface area contributed by atoms with E-state index in [2.05, 4.69) is 35.0 Å². The monoisotopic (exact) mass is 270 g/mol. The van der Waals surface area contributed by atoms with Gasteiger partial charge in [-0.05, 0) is 12.8 Å². The third-order valence-corrected chi connectivity index (χ3v) is 4.21. The van der Waals surface area contributed by atoms with E-state index in [4.69, 9.17) is 5.73 Å². The summed E-state index contributed by atoms with van der Waals surface area (Å²) in [5, 5.41) is 10.2. The van der Waals surface area contributed by atoms with Crippen molar-refractivity contribution in [2.75, 3.05) is 24.6 Å². The van der Waals surface area contributed by atoms with Gasteiger partial charge < -0.3 is 15.7 Å². The molecule has 1 aliphatic rings. The van der Waals surface area contributed by atoms with E-state index < -0.39 is 5.54 Å². The molecule has 0 atom stereocenters. The summed E-state index contributed by atoms with van der Waals surface area (Å²) in [4.78, 5) is 6.82. The minimum Gasteiger partial charge on any atom is -0.394 e. The van der Waals surface area contributed by atoms with Gasteiger partial charge in [0.15, 0.2) is 0 Å². The number of piperidine rings is 1. The van der Waals surface area contributed by atoms with Crippen LogP contribution in [0.1, 0.15) is 39.4 Å². The van der Waals surface area contributed by atoms with Crippen molar-refractivity contribution in [2.45, 2.75) is 44.6 Å². The Hall–Kier alpha value is -0.720. The highest BCUT2D eigenvalue weighted by molar-refractivity contribution is 7.09. The third-order valence-electron chi connectivity index (χ3n) is 3.43.